The predicted octanol–water partition coefficient (Wildman–Crippen LogP) is 4.21. The summed E-state index contributed by atoms with van der Waals surface area (Å²) in [5.74, 6) is 0. The van der Waals surface area contributed by atoms with Gasteiger partial charge >= 0.3 is 0 Å². The van der Waals surface area contributed by atoms with Gasteiger partial charge in [-0.1, -0.05) is 29.8 Å². The van der Waals surface area contributed by atoms with Gasteiger partial charge in [-0.2, -0.15) is 0 Å². The molecule has 0 aliphatic heterocycles. The fourth-order valence-electron chi connectivity index (χ4n) is 1.75. The van der Waals surface area contributed by atoms with Crippen LogP contribution in [0.25, 0.3) is 11.1 Å². The molecule has 16 heavy (non-hydrogen) atoms. The first-order valence-corrected chi connectivity index (χ1v) is 5.58. The summed E-state index contributed by atoms with van der Waals surface area (Å²) in [5.41, 5.74) is 11.1. The van der Waals surface area contributed by atoms with Gasteiger partial charge in [0.15, 0.2) is 0 Å². The second-order valence-electron chi connectivity index (χ2n) is 4.10. The third-order valence-corrected chi connectivity index (χ3v) is 3.01. The van der Waals surface area contributed by atoms with E-state index < -0.39 is 0 Å². The third kappa shape index (κ3) is 2.20. The summed E-state index contributed by atoms with van der Waals surface area (Å²) in [7, 11) is 0. The monoisotopic (exact) mass is 231 g/mol. The Morgan fingerprint density at radius 2 is 1.69 bits per heavy atom. The number of rotatable bonds is 1. The summed E-state index contributed by atoms with van der Waals surface area (Å²) < 4.78 is 0. The number of nitrogen functional groups attached to an aromatic ring is 1. The lowest BCUT2D eigenvalue weighted by Crippen LogP contribution is -1.88. The highest BCUT2D eigenvalue weighted by Gasteiger charge is 2.02. The van der Waals surface area contributed by atoms with E-state index in [9.17, 15) is 0 Å². The van der Waals surface area contributed by atoms with Crippen molar-refractivity contribution in [2.24, 2.45) is 0 Å². The van der Waals surface area contributed by atoms with Crippen molar-refractivity contribution in [3.05, 3.63) is 52.5 Å². The van der Waals surface area contributed by atoms with Gasteiger partial charge in [-0.3, -0.25) is 0 Å². The van der Waals surface area contributed by atoms with Crippen molar-refractivity contribution in [2.75, 3.05) is 5.73 Å². The Balaban J connectivity index is 2.54. The Hall–Kier alpha value is -1.47. The topological polar surface area (TPSA) is 26.0 Å². The van der Waals surface area contributed by atoms with E-state index in [2.05, 4.69) is 12.1 Å². The van der Waals surface area contributed by atoms with Crippen molar-refractivity contribution in [1.82, 2.24) is 0 Å². The molecule has 0 atom stereocenters. The SMILES string of the molecule is Cc1cc(N)cc(-c2ccc(C)c(Cl)c2)c1. The van der Waals surface area contributed by atoms with Gasteiger partial charge in [0, 0.05) is 10.7 Å². The summed E-state index contributed by atoms with van der Waals surface area (Å²) in [4.78, 5) is 0. The highest BCUT2D eigenvalue weighted by molar-refractivity contribution is 6.31. The van der Waals surface area contributed by atoms with Crippen LogP contribution >= 0.6 is 11.6 Å². The highest BCUT2D eigenvalue weighted by atomic mass is 35.5. The van der Waals surface area contributed by atoms with Crippen molar-refractivity contribution < 1.29 is 0 Å². The Kier molecular flexibility index (Phi) is 2.88. The van der Waals surface area contributed by atoms with Crippen LogP contribution in [0.5, 0.6) is 0 Å². The molecule has 82 valence electrons. The van der Waals surface area contributed by atoms with Crippen molar-refractivity contribution in [1.29, 1.82) is 0 Å². The lowest BCUT2D eigenvalue weighted by atomic mass is 10.0. The quantitative estimate of drug-likeness (QED) is 0.732. The van der Waals surface area contributed by atoms with E-state index in [0.29, 0.717) is 0 Å². The molecule has 2 rings (SSSR count). The Morgan fingerprint density at radius 1 is 0.938 bits per heavy atom. The van der Waals surface area contributed by atoms with Gasteiger partial charge in [0.1, 0.15) is 0 Å². The van der Waals surface area contributed by atoms with Gasteiger partial charge in [0.05, 0.1) is 0 Å². The number of hydrogen-bond acceptors (Lipinski definition) is 1. The lowest BCUT2D eigenvalue weighted by molar-refractivity contribution is 1.44. The highest BCUT2D eigenvalue weighted by Crippen LogP contribution is 2.27. The molecule has 1 nitrogen and oxygen atoms in total. The smallest absolute Gasteiger partial charge is 0.0441 e. The maximum atomic E-state index is 6.11. The first-order chi connectivity index (χ1) is 7.56. The second-order valence-corrected chi connectivity index (χ2v) is 4.50. The summed E-state index contributed by atoms with van der Waals surface area (Å²) in [6.45, 7) is 4.03. The van der Waals surface area contributed by atoms with Gasteiger partial charge in [0.2, 0.25) is 0 Å². The zero-order valence-corrected chi connectivity index (χ0v) is 10.2. The van der Waals surface area contributed by atoms with Crippen LogP contribution in [-0.4, -0.2) is 0 Å². The minimum absolute atomic E-state index is 0.784. The number of nitrogens with two attached hydrogens (primary N) is 1. The lowest BCUT2D eigenvalue weighted by Gasteiger charge is -2.07. The molecule has 0 fully saturated rings. The van der Waals surface area contributed by atoms with Gasteiger partial charge in [-0.15, -0.1) is 0 Å². The van der Waals surface area contributed by atoms with E-state index in [1.165, 1.54) is 0 Å². The van der Waals surface area contributed by atoms with Crippen molar-refractivity contribution in [3.63, 3.8) is 0 Å². The van der Waals surface area contributed by atoms with Crippen molar-refractivity contribution in [3.8, 4) is 11.1 Å². The molecule has 2 N–H and O–H groups in total. The minimum atomic E-state index is 0.784. The van der Waals surface area contributed by atoms with Crippen molar-refractivity contribution in [2.45, 2.75) is 13.8 Å². The van der Waals surface area contributed by atoms with Crippen LogP contribution in [0.1, 0.15) is 11.1 Å². The van der Waals surface area contributed by atoms with E-state index in [1.807, 2.05) is 38.1 Å². The average molecular weight is 232 g/mol. The van der Waals surface area contributed by atoms with E-state index in [1.54, 1.807) is 0 Å². The number of anilines is 1. The van der Waals surface area contributed by atoms with Crippen LogP contribution in [0, 0.1) is 13.8 Å². The number of halogens is 1. The normalized spacial score (nSPS) is 10.4. The second kappa shape index (κ2) is 4.18. The summed E-state index contributed by atoms with van der Waals surface area (Å²) >= 11 is 6.11. The molecule has 0 aromatic heterocycles. The number of hydrogen-bond donors (Lipinski definition) is 1. The van der Waals surface area contributed by atoms with Crippen LogP contribution in [-0.2, 0) is 0 Å². The molecule has 0 amide bonds. The Bertz CT molecular complexity index is 512. The van der Waals surface area contributed by atoms with Crippen LogP contribution in [0.3, 0.4) is 0 Å². The number of aryl methyl sites for hydroxylation is 2. The fourth-order valence-corrected chi connectivity index (χ4v) is 1.93. The summed E-state index contributed by atoms with van der Waals surface area (Å²) in [6, 6.07) is 12.1. The predicted molar refractivity (Wildman–Crippen MR) is 70.8 cm³/mol. The minimum Gasteiger partial charge on any atom is -0.399 e. The molecule has 0 radical (unpaired) electrons. The molecule has 0 aliphatic carbocycles. The largest absolute Gasteiger partial charge is 0.399 e. The van der Waals surface area contributed by atoms with E-state index >= 15 is 0 Å². The maximum absolute atomic E-state index is 6.11. The Morgan fingerprint density at radius 3 is 2.31 bits per heavy atom. The van der Waals surface area contributed by atoms with E-state index in [0.717, 1.165) is 33.0 Å². The molecule has 2 heteroatoms. The molecule has 2 aromatic carbocycles. The van der Waals surface area contributed by atoms with Gasteiger partial charge in [0.25, 0.3) is 0 Å². The van der Waals surface area contributed by atoms with Crippen LogP contribution in [0.15, 0.2) is 36.4 Å². The summed E-state index contributed by atoms with van der Waals surface area (Å²) in [6.07, 6.45) is 0. The molecular weight excluding hydrogens is 218 g/mol. The molecule has 0 saturated carbocycles. The van der Waals surface area contributed by atoms with Gasteiger partial charge in [-0.25, -0.2) is 0 Å². The van der Waals surface area contributed by atoms with Crippen LogP contribution < -0.4 is 5.73 Å². The van der Waals surface area contributed by atoms with Crippen LogP contribution in [0.4, 0.5) is 5.69 Å². The molecule has 0 spiro atoms. The van der Waals surface area contributed by atoms with Gasteiger partial charge < -0.3 is 5.73 Å². The first kappa shape index (κ1) is 11.0. The van der Waals surface area contributed by atoms with Crippen molar-refractivity contribution >= 4 is 17.3 Å². The fraction of sp³-hybridized carbons (Fsp3) is 0.143. The molecule has 0 bridgehead atoms. The van der Waals surface area contributed by atoms with Crippen LogP contribution in [0.2, 0.25) is 5.02 Å². The maximum Gasteiger partial charge on any atom is 0.0441 e. The molecule has 0 unspecified atom stereocenters. The zero-order chi connectivity index (χ0) is 11.7. The zero-order valence-electron chi connectivity index (χ0n) is 9.42. The first-order valence-electron chi connectivity index (χ1n) is 5.20. The molecule has 2 aromatic rings. The molecule has 0 aliphatic rings. The average Bonchev–Trinajstić information content (AvgIpc) is 2.20. The third-order valence-electron chi connectivity index (χ3n) is 2.60. The summed E-state index contributed by atoms with van der Waals surface area (Å²) in [5, 5.41) is 0.789. The van der Waals surface area contributed by atoms with E-state index in [-0.39, 0.29) is 0 Å². The Labute approximate surface area is 101 Å². The molecule has 0 saturated heterocycles. The number of benzene rings is 2. The molecular formula is C14H14ClN. The van der Waals surface area contributed by atoms with E-state index in [4.69, 9.17) is 17.3 Å². The molecule has 0 heterocycles. The van der Waals surface area contributed by atoms with Gasteiger partial charge in [-0.05, 0) is 54.3 Å². The standard InChI is InChI=1S/C14H14ClN/c1-9-5-12(7-13(16)6-9)11-4-3-10(2)14(15)8-11/h3-8H,16H2,1-2H3.